The molecule has 2 aromatic rings. The number of methoxy groups -OCH3 is 1. The second-order valence-corrected chi connectivity index (χ2v) is 6.28. The summed E-state index contributed by atoms with van der Waals surface area (Å²) < 4.78 is 6.95. The molecule has 0 spiro atoms. The zero-order valence-corrected chi connectivity index (χ0v) is 14.4. The minimum Gasteiger partial charge on any atom is -0.383 e. The van der Waals surface area contributed by atoms with E-state index in [1.807, 2.05) is 18.2 Å². The summed E-state index contributed by atoms with van der Waals surface area (Å²) in [6, 6.07) is 10.1. The normalized spacial score (nSPS) is 17.5. The van der Waals surface area contributed by atoms with Gasteiger partial charge < -0.3 is 10.5 Å². The Kier molecular flexibility index (Phi) is 5.72. The fourth-order valence-corrected chi connectivity index (χ4v) is 3.35. The summed E-state index contributed by atoms with van der Waals surface area (Å²) >= 11 is 0. The topological polar surface area (TPSA) is 99.2 Å². The SMILES string of the molecule is COCCn1nnnc1C(c1ccccc1)N1CCC(C(N)=O)CC1. The van der Waals surface area contributed by atoms with Crippen LogP contribution in [0.25, 0.3) is 0 Å². The van der Waals surface area contributed by atoms with E-state index in [0.29, 0.717) is 13.2 Å². The van der Waals surface area contributed by atoms with Gasteiger partial charge in [0.1, 0.15) is 0 Å². The molecule has 2 N–H and O–H groups in total. The largest absolute Gasteiger partial charge is 0.383 e. The van der Waals surface area contributed by atoms with Gasteiger partial charge in [-0.15, -0.1) is 5.10 Å². The minimum absolute atomic E-state index is 0.0443. The third kappa shape index (κ3) is 4.02. The number of amides is 1. The van der Waals surface area contributed by atoms with E-state index in [1.165, 1.54) is 0 Å². The van der Waals surface area contributed by atoms with Crippen LogP contribution in [0.15, 0.2) is 30.3 Å². The number of primary amides is 1. The number of piperidine rings is 1. The van der Waals surface area contributed by atoms with Gasteiger partial charge in [0.15, 0.2) is 5.82 Å². The van der Waals surface area contributed by atoms with Crippen LogP contribution < -0.4 is 5.73 Å². The Morgan fingerprint density at radius 3 is 2.68 bits per heavy atom. The van der Waals surface area contributed by atoms with E-state index >= 15 is 0 Å². The first-order valence-corrected chi connectivity index (χ1v) is 8.54. The van der Waals surface area contributed by atoms with Crippen LogP contribution >= 0.6 is 0 Å². The maximum Gasteiger partial charge on any atom is 0.220 e. The zero-order chi connectivity index (χ0) is 17.6. The van der Waals surface area contributed by atoms with Gasteiger partial charge in [-0.3, -0.25) is 9.69 Å². The summed E-state index contributed by atoms with van der Waals surface area (Å²) in [4.78, 5) is 13.8. The lowest BCUT2D eigenvalue weighted by Crippen LogP contribution is -2.41. The zero-order valence-electron chi connectivity index (χ0n) is 14.4. The van der Waals surface area contributed by atoms with E-state index in [-0.39, 0.29) is 17.9 Å². The van der Waals surface area contributed by atoms with E-state index in [2.05, 4.69) is 32.6 Å². The molecule has 0 saturated carbocycles. The number of nitrogens with zero attached hydrogens (tertiary/aromatic N) is 5. The van der Waals surface area contributed by atoms with E-state index in [0.717, 1.165) is 37.3 Å². The van der Waals surface area contributed by atoms with E-state index in [4.69, 9.17) is 10.5 Å². The Morgan fingerprint density at radius 1 is 1.32 bits per heavy atom. The lowest BCUT2D eigenvalue weighted by Gasteiger charge is -2.36. The van der Waals surface area contributed by atoms with Crippen LogP contribution in [0, 0.1) is 5.92 Å². The van der Waals surface area contributed by atoms with Gasteiger partial charge in [0.25, 0.3) is 0 Å². The van der Waals surface area contributed by atoms with E-state index < -0.39 is 0 Å². The number of hydrogen-bond acceptors (Lipinski definition) is 6. The molecule has 134 valence electrons. The number of ether oxygens (including phenoxy) is 1. The van der Waals surface area contributed by atoms with Gasteiger partial charge in [0.2, 0.25) is 5.91 Å². The Morgan fingerprint density at radius 2 is 2.04 bits per heavy atom. The molecule has 0 radical (unpaired) electrons. The van der Waals surface area contributed by atoms with Crippen LogP contribution in [0.4, 0.5) is 0 Å². The molecule has 1 aliphatic rings. The number of benzene rings is 1. The second kappa shape index (κ2) is 8.17. The summed E-state index contributed by atoms with van der Waals surface area (Å²) in [5.41, 5.74) is 6.60. The quantitative estimate of drug-likeness (QED) is 0.790. The first-order valence-electron chi connectivity index (χ1n) is 8.54. The highest BCUT2D eigenvalue weighted by Gasteiger charge is 2.32. The summed E-state index contributed by atoms with van der Waals surface area (Å²) in [5, 5.41) is 12.3. The van der Waals surface area contributed by atoms with Gasteiger partial charge in [-0.2, -0.15) is 0 Å². The predicted octanol–water partition coefficient (Wildman–Crippen LogP) is 0.606. The number of rotatable bonds is 7. The summed E-state index contributed by atoms with van der Waals surface area (Å²) in [6.07, 6.45) is 1.52. The molecule has 1 amide bonds. The van der Waals surface area contributed by atoms with Crippen molar-refractivity contribution in [2.24, 2.45) is 11.7 Å². The molecule has 1 fully saturated rings. The number of likely N-dealkylation sites (tertiary alicyclic amines) is 1. The van der Waals surface area contributed by atoms with Crippen molar-refractivity contribution in [1.29, 1.82) is 0 Å². The molecule has 1 aromatic heterocycles. The van der Waals surface area contributed by atoms with E-state index in [9.17, 15) is 4.79 Å². The van der Waals surface area contributed by atoms with Crippen molar-refractivity contribution in [3.05, 3.63) is 41.7 Å². The predicted molar refractivity (Wildman–Crippen MR) is 91.5 cm³/mol. The maximum atomic E-state index is 11.5. The molecule has 3 rings (SSSR count). The number of aromatic nitrogens is 4. The molecule has 2 heterocycles. The third-order valence-corrected chi connectivity index (χ3v) is 4.72. The van der Waals surface area contributed by atoms with Crippen molar-refractivity contribution in [2.75, 3.05) is 26.8 Å². The molecule has 0 aliphatic carbocycles. The molecular formula is C17H24N6O2. The lowest BCUT2D eigenvalue weighted by atomic mass is 9.93. The standard InChI is InChI=1S/C17H24N6O2/c1-25-12-11-23-17(19-20-21-23)15(13-5-3-2-4-6-13)22-9-7-14(8-10-22)16(18)24/h2-6,14-15H,7-12H2,1H3,(H2,18,24). The molecular weight excluding hydrogens is 320 g/mol. The van der Waals surface area contributed by atoms with Gasteiger partial charge in [-0.1, -0.05) is 30.3 Å². The Bertz CT molecular complexity index is 681. The van der Waals surface area contributed by atoms with Gasteiger partial charge in [0.05, 0.1) is 19.2 Å². The second-order valence-electron chi connectivity index (χ2n) is 6.28. The average Bonchev–Trinajstić information content (AvgIpc) is 3.09. The summed E-state index contributed by atoms with van der Waals surface area (Å²) in [5.74, 6) is 0.541. The van der Waals surface area contributed by atoms with Crippen LogP contribution in [0.3, 0.4) is 0 Å². The van der Waals surface area contributed by atoms with Crippen LogP contribution in [-0.4, -0.2) is 57.8 Å². The lowest BCUT2D eigenvalue weighted by molar-refractivity contribution is -0.123. The van der Waals surface area contributed by atoms with E-state index in [1.54, 1.807) is 11.8 Å². The Hall–Kier alpha value is -2.32. The number of carbonyl (C=O) groups excluding carboxylic acids is 1. The number of nitrogens with two attached hydrogens (primary N) is 1. The van der Waals surface area contributed by atoms with Crippen LogP contribution in [0.5, 0.6) is 0 Å². The monoisotopic (exact) mass is 344 g/mol. The summed E-state index contributed by atoms with van der Waals surface area (Å²) in [7, 11) is 1.66. The first kappa shape index (κ1) is 17.5. The molecule has 25 heavy (non-hydrogen) atoms. The van der Waals surface area contributed by atoms with Gasteiger partial charge in [0, 0.05) is 13.0 Å². The molecule has 1 atom stereocenters. The minimum atomic E-state index is -0.208. The van der Waals surface area contributed by atoms with Crippen molar-refractivity contribution in [3.8, 4) is 0 Å². The first-order chi connectivity index (χ1) is 12.2. The highest BCUT2D eigenvalue weighted by molar-refractivity contribution is 5.76. The smallest absolute Gasteiger partial charge is 0.220 e. The molecule has 1 unspecified atom stereocenters. The van der Waals surface area contributed by atoms with Crippen molar-refractivity contribution < 1.29 is 9.53 Å². The number of tetrazole rings is 1. The van der Waals surface area contributed by atoms with Crippen LogP contribution in [0.2, 0.25) is 0 Å². The maximum absolute atomic E-state index is 11.5. The van der Waals surface area contributed by atoms with Crippen molar-refractivity contribution in [1.82, 2.24) is 25.1 Å². The summed E-state index contributed by atoms with van der Waals surface area (Å²) in [6.45, 7) is 2.71. The molecule has 1 saturated heterocycles. The van der Waals surface area contributed by atoms with Crippen molar-refractivity contribution in [3.63, 3.8) is 0 Å². The Labute approximate surface area is 146 Å². The van der Waals surface area contributed by atoms with Crippen LogP contribution in [-0.2, 0) is 16.1 Å². The van der Waals surface area contributed by atoms with Crippen LogP contribution in [0.1, 0.15) is 30.3 Å². The van der Waals surface area contributed by atoms with Crippen molar-refractivity contribution >= 4 is 5.91 Å². The van der Waals surface area contributed by atoms with Gasteiger partial charge >= 0.3 is 0 Å². The fraction of sp³-hybridized carbons (Fsp3) is 0.529. The number of hydrogen-bond donors (Lipinski definition) is 1. The Balaban J connectivity index is 1.87. The van der Waals surface area contributed by atoms with Gasteiger partial charge in [-0.25, -0.2) is 4.68 Å². The average molecular weight is 344 g/mol. The molecule has 1 aliphatic heterocycles. The molecule has 8 heteroatoms. The van der Waals surface area contributed by atoms with Gasteiger partial charge in [-0.05, 0) is 41.9 Å². The highest BCUT2D eigenvalue weighted by atomic mass is 16.5. The molecule has 8 nitrogen and oxygen atoms in total. The highest BCUT2D eigenvalue weighted by Crippen LogP contribution is 2.31. The fourth-order valence-electron chi connectivity index (χ4n) is 3.35. The number of carbonyl (C=O) groups is 1. The third-order valence-electron chi connectivity index (χ3n) is 4.72. The van der Waals surface area contributed by atoms with Crippen molar-refractivity contribution in [2.45, 2.75) is 25.4 Å². The molecule has 1 aromatic carbocycles. The molecule has 0 bridgehead atoms.